The standard InChI is InChI=1S/C22H30N2O4S/c1-13(2)17-11-19(14(3)4)22(20(12-17)15(5)6)29(27,28)23-21-9-8-18(24(25)26)10-16(21)7/h8-15,23H,1-7H3. The van der Waals surface area contributed by atoms with Gasteiger partial charge < -0.3 is 0 Å². The normalized spacial score (nSPS) is 12.1. The number of nitrogens with zero attached hydrogens (tertiary/aromatic N) is 1. The van der Waals surface area contributed by atoms with Gasteiger partial charge in [-0.15, -0.1) is 0 Å². The molecule has 158 valence electrons. The highest BCUT2D eigenvalue weighted by molar-refractivity contribution is 7.92. The molecule has 29 heavy (non-hydrogen) atoms. The van der Waals surface area contributed by atoms with Gasteiger partial charge in [0.25, 0.3) is 15.7 Å². The molecule has 0 radical (unpaired) electrons. The first-order chi connectivity index (χ1) is 13.3. The van der Waals surface area contributed by atoms with Gasteiger partial charge in [0.05, 0.1) is 15.5 Å². The molecule has 2 aromatic rings. The summed E-state index contributed by atoms with van der Waals surface area (Å²) >= 11 is 0. The van der Waals surface area contributed by atoms with E-state index in [9.17, 15) is 18.5 Å². The summed E-state index contributed by atoms with van der Waals surface area (Å²) in [5.74, 6) is 0.332. The molecular weight excluding hydrogens is 388 g/mol. The van der Waals surface area contributed by atoms with Crippen LogP contribution in [0.2, 0.25) is 0 Å². The Morgan fingerprint density at radius 2 is 1.41 bits per heavy atom. The zero-order valence-corrected chi connectivity index (χ0v) is 18.9. The Labute approximate surface area is 173 Å². The number of non-ortho nitro benzene ring substituents is 1. The molecule has 0 saturated heterocycles. The Morgan fingerprint density at radius 1 is 0.897 bits per heavy atom. The molecule has 0 aromatic heterocycles. The molecule has 0 aliphatic heterocycles. The molecular formula is C22H30N2O4S. The molecule has 0 unspecified atom stereocenters. The molecule has 6 nitrogen and oxygen atoms in total. The molecule has 0 aliphatic carbocycles. The zero-order valence-electron chi connectivity index (χ0n) is 18.1. The largest absolute Gasteiger partial charge is 0.279 e. The molecule has 0 saturated carbocycles. The van der Waals surface area contributed by atoms with E-state index in [-0.39, 0.29) is 23.4 Å². The third-order valence-electron chi connectivity index (χ3n) is 5.01. The van der Waals surface area contributed by atoms with Gasteiger partial charge in [0, 0.05) is 12.1 Å². The van der Waals surface area contributed by atoms with E-state index < -0.39 is 14.9 Å². The molecule has 0 atom stereocenters. The lowest BCUT2D eigenvalue weighted by Crippen LogP contribution is -2.19. The highest BCUT2D eigenvalue weighted by Crippen LogP contribution is 2.36. The quantitative estimate of drug-likeness (QED) is 0.436. The van der Waals surface area contributed by atoms with Crippen LogP contribution in [-0.2, 0) is 10.0 Å². The molecule has 0 amide bonds. The van der Waals surface area contributed by atoms with Crippen LogP contribution in [0, 0.1) is 17.0 Å². The molecule has 0 spiro atoms. The van der Waals surface area contributed by atoms with Crippen molar-refractivity contribution in [3.63, 3.8) is 0 Å². The van der Waals surface area contributed by atoms with Crippen molar-refractivity contribution >= 4 is 21.4 Å². The zero-order chi connectivity index (χ0) is 22.1. The summed E-state index contributed by atoms with van der Waals surface area (Å²) in [6.07, 6.45) is 0. The number of nitro benzene ring substituents is 1. The fourth-order valence-electron chi connectivity index (χ4n) is 3.27. The van der Waals surface area contributed by atoms with Crippen LogP contribution in [0.1, 0.15) is 81.5 Å². The highest BCUT2D eigenvalue weighted by Gasteiger charge is 2.27. The number of nitrogens with one attached hydrogen (secondary N) is 1. The Kier molecular flexibility index (Phi) is 6.73. The molecule has 7 heteroatoms. The van der Waals surface area contributed by atoms with Crippen LogP contribution in [0.5, 0.6) is 0 Å². The van der Waals surface area contributed by atoms with Crippen LogP contribution in [0.15, 0.2) is 35.2 Å². The third kappa shape index (κ3) is 4.96. The number of benzene rings is 2. The van der Waals surface area contributed by atoms with Gasteiger partial charge >= 0.3 is 0 Å². The molecule has 0 heterocycles. The Morgan fingerprint density at radius 3 is 1.79 bits per heavy atom. The number of nitro groups is 1. The van der Waals surface area contributed by atoms with Crippen molar-refractivity contribution in [3.8, 4) is 0 Å². The van der Waals surface area contributed by atoms with Gasteiger partial charge in [-0.2, -0.15) is 0 Å². The lowest BCUT2D eigenvalue weighted by Gasteiger charge is -2.23. The van der Waals surface area contributed by atoms with Crippen LogP contribution in [-0.4, -0.2) is 13.3 Å². The fourth-order valence-corrected chi connectivity index (χ4v) is 5.10. The minimum atomic E-state index is -3.88. The van der Waals surface area contributed by atoms with Crippen molar-refractivity contribution in [2.75, 3.05) is 4.72 Å². The molecule has 0 aliphatic rings. The maximum absolute atomic E-state index is 13.5. The number of anilines is 1. The maximum Gasteiger partial charge on any atom is 0.269 e. The van der Waals surface area contributed by atoms with Crippen molar-refractivity contribution in [3.05, 3.63) is 62.7 Å². The second-order valence-corrected chi connectivity index (χ2v) is 9.97. The number of hydrogen-bond donors (Lipinski definition) is 1. The second-order valence-electron chi connectivity index (χ2n) is 8.35. The number of aryl methyl sites for hydroxylation is 1. The molecule has 0 fully saturated rings. The van der Waals surface area contributed by atoms with Gasteiger partial charge in [-0.3, -0.25) is 14.8 Å². The minimum Gasteiger partial charge on any atom is -0.279 e. The van der Waals surface area contributed by atoms with Gasteiger partial charge in [0.2, 0.25) is 0 Å². The van der Waals surface area contributed by atoms with E-state index in [1.165, 1.54) is 18.2 Å². The van der Waals surface area contributed by atoms with Crippen LogP contribution in [0.25, 0.3) is 0 Å². The summed E-state index contributed by atoms with van der Waals surface area (Å²) < 4.78 is 29.6. The summed E-state index contributed by atoms with van der Waals surface area (Å²) in [5.41, 5.74) is 3.45. The smallest absolute Gasteiger partial charge is 0.269 e. The van der Waals surface area contributed by atoms with Gasteiger partial charge in [0.1, 0.15) is 0 Å². The van der Waals surface area contributed by atoms with Crippen LogP contribution in [0.4, 0.5) is 11.4 Å². The average Bonchev–Trinajstić information content (AvgIpc) is 2.61. The summed E-state index contributed by atoms with van der Waals surface area (Å²) in [5, 5.41) is 11.0. The first kappa shape index (κ1) is 22.9. The van der Waals surface area contributed by atoms with Crippen LogP contribution in [0.3, 0.4) is 0 Å². The molecule has 2 aromatic carbocycles. The first-order valence-corrected chi connectivity index (χ1v) is 11.3. The summed E-state index contributed by atoms with van der Waals surface area (Å²) in [7, 11) is -3.88. The van der Waals surface area contributed by atoms with E-state index in [0.29, 0.717) is 16.1 Å². The Balaban J connectivity index is 2.66. The van der Waals surface area contributed by atoms with Crippen LogP contribution >= 0.6 is 0 Å². The van der Waals surface area contributed by atoms with Crippen LogP contribution < -0.4 is 4.72 Å². The topological polar surface area (TPSA) is 89.3 Å². The van der Waals surface area contributed by atoms with Crippen molar-refractivity contribution in [1.29, 1.82) is 0 Å². The molecule has 1 N–H and O–H groups in total. The maximum atomic E-state index is 13.5. The van der Waals surface area contributed by atoms with Gasteiger partial charge in [-0.05, 0) is 53.0 Å². The minimum absolute atomic E-state index is 0.0238. The third-order valence-corrected chi connectivity index (χ3v) is 6.51. The van der Waals surface area contributed by atoms with Crippen molar-refractivity contribution in [1.82, 2.24) is 0 Å². The lowest BCUT2D eigenvalue weighted by atomic mass is 9.89. The number of hydrogen-bond acceptors (Lipinski definition) is 4. The average molecular weight is 419 g/mol. The van der Waals surface area contributed by atoms with Crippen molar-refractivity contribution in [2.45, 2.75) is 71.1 Å². The predicted octanol–water partition coefficient (Wildman–Crippen LogP) is 6.07. The SMILES string of the molecule is Cc1cc([N+](=O)[O-])ccc1NS(=O)(=O)c1c(C(C)C)cc(C(C)C)cc1C(C)C. The fraction of sp³-hybridized carbons (Fsp3) is 0.455. The van der Waals surface area contributed by atoms with Gasteiger partial charge in [0.15, 0.2) is 0 Å². The van der Waals surface area contributed by atoms with E-state index in [4.69, 9.17) is 0 Å². The molecule has 0 bridgehead atoms. The number of sulfonamides is 1. The predicted molar refractivity (Wildman–Crippen MR) is 117 cm³/mol. The molecule has 2 rings (SSSR count). The summed E-state index contributed by atoms with van der Waals surface area (Å²) in [4.78, 5) is 10.8. The van der Waals surface area contributed by atoms with Crippen molar-refractivity contribution in [2.24, 2.45) is 0 Å². The second kappa shape index (κ2) is 8.53. The summed E-state index contributed by atoms with van der Waals surface area (Å²) in [6.45, 7) is 13.8. The monoisotopic (exact) mass is 418 g/mol. The highest BCUT2D eigenvalue weighted by atomic mass is 32.2. The van der Waals surface area contributed by atoms with E-state index >= 15 is 0 Å². The van der Waals surface area contributed by atoms with Crippen molar-refractivity contribution < 1.29 is 13.3 Å². The lowest BCUT2D eigenvalue weighted by molar-refractivity contribution is -0.384. The number of rotatable bonds is 7. The van der Waals surface area contributed by atoms with E-state index in [1.54, 1.807) is 6.92 Å². The van der Waals surface area contributed by atoms with E-state index in [1.807, 2.05) is 39.8 Å². The van der Waals surface area contributed by atoms with Gasteiger partial charge in [-0.25, -0.2) is 8.42 Å². The Hall–Kier alpha value is -2.41. The first-order valence-electron chi connectivity index (χ1n) is 9.80. The van der Waals surface area contributed by atoms with Gasteiger partial charge in [-0.1, -0.05) is 53.7 Å². The van der Waals surface area contributed by atoms with E-state index in [2.05, 4.69) is 18.6 Å². The Bertz CT molecular complexity index is 996. The van der Waals surface area contributed by atoms with E-state index in [0.717, 1.165) is 16.7 Å². The summed E-state index contributed by atoms with van der Waals surface area (Å²) in [6, 6.07) is 8.08.